The van der Waals surface area contributed by atoms with Crippen LogP contribution in [-0.2, 0) is 6.54 Å². The fraction of sp³-hybridized carbons (Fsp3) is 0.167. The van der Waals surface area contributed by atoms with Crippen molar-refractivity contribution in [1.29, 1.82) is 0 Å². The number of pyridine rings is 2. The average Bonchev–Trinajstić information content (AvgIpc) is 2.32. The molecule has 4 nitrogen and oxygen atoms in total. The molecule has 4 heteroatoms. The zero-order chi connectivity index (χ0) is 11.4. The second kappa shape index (κ2) is 4.72. The van der Waals surface area contributed by atoms with Crippen LogP contribution in [0.2, 0.25) is 0 Å². The van der Waals surface area contributed by atoms with E-state index in [1.807, 2.05) is 31.2 Å². The molecule has 0 saturated heterocycles. The fourth-order valence-corrected chi connectivity index (χ4v) is 1.26. The summed E-state index contributed by atoms with van der Waals surface area (Å²) in [6, 6.07) is 9.27. The maximum Gasteiger partial charge on any atom is 0.219 e. The Hall–Kier alpha value is -1.94. The Kier molecular flexibility index (Phi) is 3.12. The molecule has 0 bridgehead atoms. The van der Waals surface area contributed by atoms with E-state index in [-0.39, 0.29) is 0 Å². The Morgan fingerprint density at radius 1 is 1.25 bits per heavy atom. The van der Waals surface area contributed by atoms with Crippen molar-refractivity contribution in [2.75, 3.05) is 0 Å². The monoisotopic (exact) mass is 215 g/mol. The third-order valence-electron chi connectivity index (χ3n) is 2.10. The van der Waals surface area contributed by atoms with Crippen LogP contribution in [0.25, 0.3) is 0 Å². The van der Waals surface area contributed by atoms with Gasteiger partial charge in [0, 0.05) is 18.3 Å². The minimum Gasteiger partial charge on any atom is -0.437 e. The molecule has 0 spiro atoms. The van der Waals surface area contributed by atoms with Crippen molar-refractivity contribution in [2.24, 2.45) is 5.73 Å². The molecule has 0 atom stereocenters. The van der Waals surface area contributed by atoms with Crippen molar-refractivity contribution < 1.29 is 4.74 Å². The minimum absolute atomic E-state index is 0.406. The van der Waals surface area contributed by atoms with Gasteiger partial charge >= 0.3 is 0 Å². The highest BCUT2D eigenvalue weighted by Crippen LogP contribution is 2.18. The Morgan fingerprint density at radius 2 is 2.12 bits per heavy atom. The van der Waals surface area contributed by atoms with Crippen molar-refractivity contribution in [2.45, 2.75) is 13.5 Å². The van der Waals surface area contributed by atoms with Gasteiger partial charge in [-0.3, -0.25) is 4.98 Å². The molecule has 2 N–H and O–H groups in total. The SMILES string of the molecule is Cc1ccc(Oc2cccc(CN)n2)cn1. The molecular formula is C12H13N3O. The van der Waals surface area contributed by atoms with E-state index in [0.717, 1.165) is 11.4 Å². The molecular weight excluding hydrogens is 202 g/mol. The summed E-state index contributed by atoms with van der Waals surface area (Å²) in [5.41, 5.74) is 7.26. The fourth-order valence-electron chi connectivity index (χ4n) is 1.26. The van der Waals surface area contributed by atoms with Gasteiger partial charge in [-0.05, 0) is 25.1 Å². The van der Waals surface area contributed by atoms with E-state index in [1.54, 1.807) is 12.3 Å². The van der Waals surface area contributed by atoms with Crippen LogP contribution in [0.15, 0.2) is 36.5 Å². The van der Waals surface area contributed by atoms with Crippen LogP contribution in [0.5, 0.6) is 11.6 Å². The highest BCUT2D eigenvalue weighted by Gasteiger charge is 1.99. The predicted octanol–water partition coefficient (Wildman–Crippen LogP) is 2.04. The Morgan fingerprint density at radius 3 is 2.81 bits per heavy atom. The molecule has 0 fully saturated rings. The van der Waals surface area contributed by atoms with Crippen LogP contribution in [-0.4, -0.2) is 9.97 Å². The van der Waals surface area contributed by atoms with Gasteiger partial charge in [-0.2, -0.15) is 0 Å². The second-order valence-electron chi connectivity index (χ2n) is 3.41. The van der Waals surface area contributed by atoms with Crippen LogP contribution in [0, 0.1) is 6.92 Å². The molecule has 0 aliphatic carbocycles. The van der Waals surface area contributed by atoms with E-state index in [9.17, 15) is 0 Å². The molecule has 2 rings (SSSR count). The van der Waals surface area contributed by atoms with Crippen molar-refractivity contribution in [1.82, 2.24) is 9.97 Å². The van der Waals surface area contributed by atoms with Crippen LogP contribution in [0.1, 0.15) is 11.4 Å². The number of rotatable bonds is 3. The zero-order valence-electron chi connectivity index (χ0n) is 9.05. The smallest absolute Gasteiger partial charge is 0.219 e. The lowest BCUT2D eigenvalue weighted by molar-refractivity contribution is 0.458. The van der Waals surface area contributed by atoms with E-state index in [2.05, 4.69) is 9.97 Å². The maximum absolute atomic E-state index is 5.55. The highest BCUT2D eigenvalue weighted by atomic mass is 16.5. The van der Waals surface area contributed by atoms with Crippen LogP contribution >= 0.6 is 0 Å². The van der Waals surface area contributed by atoms with E-state index in [4.69, 9.17) is 10.5 Å². The highest BCUT2D eigenvalue weighted by molar-refractivity contribution is 5.25. The van der Waals surface area contributed by atoms with Crippen molar-refractivity contribution >= 4 is 0 Å². The minimum atomic E-state index is 0.406. The third kappa shape index (κ3) is 2.55. The Bertz CT molecular complexity index is 468. The molecule has 0 unspecified atom stereocenters. The number of hydrogen-bond donors (Lipinski definition) is 1. The second-order valence-corrected chi connectivity index (χ2v) is 3.41. The number of hydrogen-bond acceptors (Lipinski definition) is 4. The van der Waals surface area contributed by atoms with Crippen molar-refractivity contribution in [3.8, 4) is 11.6 Å². The summed E-state index contributed by atoms with van der Waals surface area (Å²) in [7, 11) is 0. The molecule has 0 amide bonds. The lowest BCUT2D eigenvalue weighted by Gasteiger charge is -2.05. The first-order valence-electron chi connectivity index (χ1n) is 5.04. The Labute approximate surface area is 94.1 Å². The summed E-state index contributed by atoms with van der Waals surface area (Å²) in [4.78, 5) is 8.37. The maximum atomic E-state index is 5.55. The van der Waals surface area contributed by atoms with Crippen LogP contribution < -0.4 is 10.5 Å². The quantitative estimate of drug-likeness (QED) is 0.851. The number of nitrogens with two attached hydrogens (primary N) is 1. The number of ether oxygens (including phenoxy) is 1. The molecule has 0 aliphatic heterocycles. The molecule has 2 heterocycles. The Balaban J connectivity index is 2.16. The van der Waals surface area contributed by atoms with Crippen LogP contribution in [0.4, 0.5) is 0 Å². The van der Waals surface area contributed by atoms with Crippen molar-refractivity contribution in [3.05, 3.63) is 47.9 Å². The predicted molar refractivity (Wildman–Crippen MR) is 61.2 cm³/mol. The van der Waals surface area contributed by atoms with Gasteiger partial charge in [-0.25, -0.2) is 4.98 Å². The number of nitrogens with zero attached hydrogens (tertiary/aromatic N) is 2. The van der Waals surface area contributed by atoms with Gasteiger partial charge in [0.05, 0.1) is 11.9 Å². The zero-order valence-corrected chi connectivity index (χ0v) is 9.05. The summed E-state index contributed by atoms with van der Waals surface area (Å²) in [5, 5.41) is 0. The molecule has 0 radical (unpaired) electrons. The molecule has 0 aromatic carbocycles. The number of aromatic nitrogens is 2. The van der Waals surface area contributed by atoms with Gasteiger partial charge in [0.2, 0.25) is 5.88 Å². The number of aryl methyl sites for hydroxylation is 1. The summed E-state index contributed by atoms with van der Waals surface area (Å²) < 4.78 is 5.55. The molecule has 16 heavy (non-hydrogen) atoms. The first kappa shape index (κ1) is 10.6. The summed E-state index contributed by atoms with van der Waals surface area (Å²) in [6.07, 6.45) is 1.67. The normalized spacial score (nSPS) is 10.1. The molecule has 0 saturated carbocycles. The van der Waals surface area contributed by atoms with Gasteiger partial charge in [0.25, 0.3) is 0 Å². The van der Waals surface area contributed by atoms with Crippen LogP contribution in [0.3, 0.4) is 0 Å². The summed E-state index contributed by atoms with van der Waals surface area (Å²) in [5.74, 6) is 1.21. The van der Waals surface area contributed by atoms with Gasteiger partial charge < -0.3 is 10.5 Å². The van der Waals surface area contributed by atoms with Gasteiger partial charge in [0.1, 0.15) is 5.75 Å². The standard InChI is InChI=1S/C12H13N3O/c1-9-5-6-11(8-14-9)16-12-4-2-3-10(7-13)15-12/h2-6,8H,7,13H2,1H3. The largest absolute Gasteiger partial charge is 0.437 e. The average molecular weight is 215 g/mol. The molecule has 2 aromatic heterocycles. The lowest BCUT2D eigenvalue weighted by Crippen LogP contribution is -2.00. The molecule has 2 aromatic rings. The van der Waals surface area contributed by atoms with E-state index in [1.165, 1.54) is 0 Å². The van der Waals surface area contributed by atoms with Gasteiger partial charge in [-0.1, -0.05) is 6.07 Å². The lowest BCUT2D eigenvalue weighted by atomic mass is 10.3. The first-order chi connectivity index (χ1) is 7.78. The first-order valence-corrected chi connectivity index (χ1v) is 5.04. The van der Waals surface area contributed by atoms with E-state index >= 15 is 0 Å². The summed E-state index contributed by atoms with van der Waals surface area (Å²) in [6.45, 7) is 2.33. The van der Waals surface area contributed by atoms with Crippen molar-refractivity contribution in [3.63, 3.8) is 0 Å². The topological polar surface area (TPSA) is 61.0 Å². The van der Waals surface area contributed by atoms with E-state index in [0.29, 0.717) is 18.2 Å². The van der Waals surface area contributed by atoms with E-state index < -0.39 is 0 Å². The molecule has 0 aliphatic rings. The summed E-state index contributed by atoms with van der Waals surface area (Å²) >= 11 is 0. The van der Waals surface area contributed by atoms with Gasteiger partial charge in [0.15, 0.2) is 0 Å². The van der Waals surface area contributed by atoms with Gasteiger partial charge in [-0.15, -0.1) is 0 Å². The third-order valence-corrected chi connectivity index (χ3v) is 2.10. The molecule has 82 valence electrons.